The summed E-state index contributed by atoms with van der Waals surface area (Å²) in [5.41, 5.74) is 4.57. The van der Waals surface area contributed by atoms with E-state index in [1.807, 2.05) is 0 Å². The highest BCUT2D eigenvalue weighted by Gasteiger charge is 2.41. The van der Waals surface area contributed by atoms with Crippen molar-refractivity contribution < 1.29 is 0 Å². The van der Waals surface area contributed by atoms with Gasteiger partial charge in [-0.25, -0.2) is 0 Å². The Balaban J connectivity index is 1.87. The molecule has 104 valence electrons. The first-order valence-electron chi connectivity index (χ1n) is 7.44. The summed E-state index contributed by atoms with van der Waals surface area (Å²) < 4.78 is 0. The Morgan fingerprint density at radius 1 is 1.11 bits per heavy atom. The molecule has 19 heavy (non-hydrogen) atoms. The van der Waals surface area contributed by atoms with E-state index in [9.17, 15) is 0 Å². The Morgan fingerprint density at radius 3 is 2.32 bits per heavy atom. The summed E-state index contributed by atoms with van der Waals surface area (Å²) in [6.45, 7) is 11.6. The Morgan fingerprint density at radius 2 is 1.84 bits per heavy atom. The SMILES string of the molecule is Cc1cc(C(C)(C)C)ccc1N1C[C@@H]2C[C@H]1CN2C. The number of nitrogens with zero attached hydrogens (tertiary/aromatic N) is 2. The lowest BCUT2D eigenvalue weighted by molar-refractivity contribution is 0.292. The molecule has 2 atom stereocenters. The van der Waals surface area contributed by atoms with Crippen LogP contribution in [0.1, 0.15) is 38.3 Å². The van der Waals surface area contributed by atoms with Crippen molar-refractivity contribution >= 4 is 5.69 Å². The minimum Gasteiger partial charge on any atom is -0.365 e. The smallest absolute Gasteiger partial charge is 0.0433 e. The number of likely N-dealkylation sites (tertiary alicyclic amines) is 1. The third-order valence-electron chi connectivity index (χ3n) is 4.89. The first kappa shape index (κ1) is 13.0. The molecule has 3 rings (SSSR count). The summed E-state index contributed by atoms with van der Waals surface area (Å²) in [5.74, 6) is 0. The first-order chi connectivity index (χ1) is 8.86. The van der Waals surface area contributed by atoms with Gasteiger partial charge >= 0.3 is 0 Å². The van der Waals surface area contributed by atoms with Crippen LogP contribution in [0.3, 0.4) is 0 Å². The maximum Gasteiger partial charge on any atom is 0.0433 e. The van der Waals surface area contributed by atoms with Crippen molar-refractivity contribution in [2.45, 2.75) is 51.6 Å². The summed E-state index contributed by atoms with van der Waals surface area (Å²) in [5, 5.41) is 0. The van der Waals surface area contributed by atoms with Gasteiger partial charge in [-0.15, -0.1) is 0 Å². The number of anilines is 1. The van der Waals surface area contributed by atoms with Gasteiger partial charge in [-0.1, -0.05) is 32.9 Å². The van der Waals surface area contributed by atoms with Gasteiger partial charge in [0.05, 0.1) is 0 Å². The fraction of sp³-hybridized carbons (Fsp3) is 0.647. The fourth-order valence-electron chi connectivity index (χ4n) is 3.61. The fourth-order valence-corrected chi connectivity index (χ4v) is 3.61. The summed E-state index contributed by atoms with van der Waals surface area (Å²) in [6, 6.07) is 8.54. The molecule has 2 nitrogen and oxygen atoms in total. The van der Waals surface area contributed by atoms with Crippen LogP contribution in [0.4, 0.5) is 5.69 Å². The molecule has 0 N–H and O–H groups in total. The molecule has 0 spiro atoms. The number of benzene rings is 1. The van der Waals surface area contributed by atoms with Crippen LogP contribution in [0.5, 0.6) is 0 Å². The molecule has 0 unspecified atom stereocenters. The van der Waals surface area contributed by atoms with Gasteiger partial charge in [0.1, 0.15) is 0 Å². The van der Waals surface area contributed by atoms with Gasteiger partial charge in [0.2, 0.25) is 0 Å². The van der Waals surface area contributed by atoms with Gasteiger partial charge in [-0.3, -0.25) is 4.90 Å². The minimum absolute atomic E-state index is 0.244. The quantitative estimate of drug-likeness (QED) is 0.763. The predicted molar refractivity (Wildman–Crippen MR) is 82.0 cm³/mol. The molecule has 2 bridgehead atoms. The third-order valence-corrected chi connectivity index (χ3v) is 4.89. The normalized spacial score (nSPS) is 27.3. The van der Waals surface area contributed by atoms with Crippen molar-refractivity contribution in [2.75, 3.05) is 25.0 Å². The van der Waals surface area contributed by atoms with Crippen LogP contribution >= 0.6 is 0 Å². The monoisotopic (exact) mass is 258 g/mol. The van der Waals surface area contributed by atoms with E-state index in [2.05, 4.69) is 62.7 Å². The standard InChI is InChI=1S/C17H26N2/c1-12-8-13(17(2,3)4)6-7-16(12)19-11-14-9-15(19)10-18(14)5/h6-8,14-15H,9-11H2,1-5H3/t14-,15-/m0/s1. The summed E-state index contributed by atoms with van der Waals surface area (Å²) in [4.78, 5) is 5.15. The van der Waals surface area contributed by atoms with Crippen molar-refractivity contribution in [3.05, 3.63) is 29.3 Å². The van der Waals surface area contributed by atoms with Gasteiger partial charge in [-0.05, 0) is 43.0 Å². The molecule has 2 aliphatic rings. The van der Waals surface area contributed by atoms with Crippen molar-refractivity contribution in [3.8, 4) is 0 Å². The highest BCUT2D eigenvalue weighted by atomic mass is 15.3. The average molecular weight is 258 g/mol. The van der Waals surface area contributed by atoms with Crippen molar-refractivity contribution in [1.82, 2.24) is 4.90 Å². The number of hydrogen-bond acceptors (Lipinski definition) is 2. The molecule has 2 saturated heterocycles. The maximum absolute atomic E-state index is 2.63. The number of aryl methyl sites for hydroxylation is 1. The molecular formula is C17H26N2. The van der Waals surface area contributed by atoms with Crippen LogP contribution < -0.4 is 4.90 Å². The Kier molecular flexibility index (Phi) is 2.90. The first-order valence-corrected chi connectivity index (χ1v) is 7.44. The topological polar surface area (TPSA) is 6.48 Å². The van der Waals surface area contributed by atoms with Gasteiger partial charge in [-0.2, -0.15) is 0 Å². The van der Waals surface area contributed by atoms with Crippen LogP contribution in [-0.4, -0.2) is 37.1 Å². The molecule has 0 saturated carbocycles. The van der Waals surface area contributed by atoms with E-state index in [1.165, 1.54) is 36.3 Å². The number of piperazine rings is 1. The molecule has 2 heterocycles. The van der Waals surface area contributed by atoms with E-state index in [0.29, 0.717) is 0 Å². The van der Waals surface area contributed by atoms with E-state index in [-0.39, 0.29) is 5.41 Å². The second kappa shape index (κ2) is 4.24. The molecule has 2 aliphatic heterocycles. The van der Waals surface area contributed by atoms with Crippen LogP contribution in [0.2, 0.25) is 0 Å². The maximum atomic E-state index is 2.63. The zero-order chi connectivity index (χ0) is 13.8. The number of fused-ring (bicyclic) bond motifs is 2. The summed E-state index contributed by atoms with van der Waals surface area (Å²) >= 11 is 0. The molecule has 1 aromatic rings. The summed E-state index contributed by atoms with van der Waals surface area (Å²) in [6.07, 6.45) is 1.34. The van der Waals surface area contributed by atoms with Crippen molar-refractivity contribution in [1.29, 1.82) is 0 Å². The zero-order valence-corrected chi connectivity index (χ0v) is 12.9. The lowest BCUT2D eigenvalue weighted by atomic mass is 9.86. The molecule has 0 aliphatic carbocycles. The molecular weight excluding hydrogens is 232 g/mol. The number of hydrogen-bond donors (Lipinski definition) is 0. The summed E-state index contributed by atoms with van der Waals surface area (Å²) in [7, 11) is 2.26. The van der Waals surface area contributed by atoms with Crippen LogP contribution in [-0.2, 0) is 5.41 Å². The lowest BCUT2D eigenvalue weighted by Gasteiger charge is -2.35. The third kappa shape index (κ3) is 2.16. The van der Waals surface area contributed by atoms with E-state index < -0.39 is 0 Å². The lowest BCUT2D eigenvalue weighted by Crippen LogP contribution is -2.44. The van der Waals surface area contributed by atoms with Crippen molar-refractivity contribution in [3.63, 3.8) is 0 Å². The second-order valence-corrected chi connectivity index (χ2v) is 7.39. The van der Waals surface area contributed by atoms with E-state index in [4.69, 9.17) is 0 Å². The molecule has 1 aromatic carbocycles. The van der Waals surface area contributed by atoms with Crippen molar-refractivity contribution in [2.24, 2.45) is 0 Å². The molecule has 0 radical (unpaired) electrons. The largest absolute Gasteiger partial charge is 0.365 e. The van der Waals surface area contributed by atoms with Gasteiger partial charge in [0.25, 0.3) is 0 Å². The highest BCUT2D eigenvalue weighted by Crippen LogP contribution is 2.36. The van der Waals surface area contributed by atoms with Gasteiger partial charge in [0, 0.05) is 30.9 Å². The number of rotatable bonds is 1. The predicted octanol–water partition coefficient (Wildman–Crippen LogP) is 3.19. The number of likely N-dealkylation sites (N-methyl/N-ethyl adjacent to an activating group) is 1. The van der Waals surface area contributed by atoms with Crippen LogP contribution in [0.15, 0.2) is 18.2 Å². The molecule has 0 amide bonds. The van der Waals surface area contributed by atoms with E-state index in [0.717, 1.165) is 12.1 Å². The molecule has 2 fully saturated rings. The zero-order valence-electron chi connectivity index (χ0n) is 12.9. The van der Waals surface area contributed by atoms with Crippen LogP contribution in [0, 0.1) is 6.92 Å². The second-order valence-electron chi connectivity index (χ2n) is 7.39. The Hall–Kier alpha value is -1.02. The average Bonchev–Trinajstić information content (AvgIpc) is 2.86. The van der Waals surface area contributed by atoms with Gasteiger partial charge in [0.15, 0.2) is 0 Å². The Labute approximate surface area is 117 Å². The van der Waals surface area contributed by atoms with Crippen LogP contribution in [0.25, 0.3) is 0 Å². The minimum atomic E-state index is 0.244. The Bertz CT molecular complexity index is 485. The highest BCUT2D eigenvalue weighted by molar-refractivity contribution is 5.57. The van der Waals surface area contributed by atoms with Gasteiger partial charge < -0.3 is 4.90 Å². The molecule has 0 aromatic heterocycles. The van der Waals surface area contributed by atoms with E-state index >= 15 is 0 Å². The molecule has 2 heteroatoms. The van der Waals surface area contributed by atoms with E-state index in [1.54, 1.807) is 0 Å².